The van der Waals surface area contributed by atoms with Crippen molar-refractivity contribution in [3.63, 3.8) is 0 Å². The summed E-state index contributed by atoms with van der Waals surface area (Å²) in [5.41, 5.74) is 3.18. The van der Waals surface area contributed by atoms with E-state index < -0.39 is 17.5 Å². The van der Waals surface area contributed by atoms with Gasteiger partial charge < -0.3 is 19.9 Å². The maximum atomic E-state index is 15.1. The number of hydrogen-bond donors (Lipinski definition) is 2. The molecule has 0 radical (unpaired) electrons. The average molecular weight is 543 g/mol. The molecule has 1 amide bonds. The van der Waals surface area contributed by atoms with Gasteiger partial charge in [0.25, 0.3) is 5.91 Å². The first-order valence-electron chi connectivity index (χ1n) is 12.2. The van der Waals surface area contributed by atoms with Crippen molar-refractivity contribution in [2.45, 2.75) is 20.8 Å². The van der Waals surface area contributed by atoms with Crippen LogP contribution in [0.25, 0.3) is 22.2 Å². The lowest BCUT2D eigenvalue weighted by molar-refractivity contribution is 0.102. The Morgan fingerprint density at radius 2 is 1.73 bits per heavy atom. The SMILES string of the molecule is COc1ccc2nccc(Oc3ccc(NC(=O)c4c(C)nc(C)c(-c5ccc(F)cc5C)c4O)cc3F)c2n1. The minimum Gasteiger partial charge on any atom is -0.506 e. The van der Waals surface area contributed by atoms with E-state index in [1.807, 2.05) is 0 Å². The van der Waals surface area contributed by atoms with Crippen LogP contribution >= 0.6 is 0 Å². The lowest BCUT2D eigenvalue weighted by Crippen LogP contribution is -2.16. The van der Waals surface area contributed by atoms with E-state index in [9.17, 15) is 14.3 Å². The molecule has 3 aromatic heterocycles. The van der Waals surface area contributed by atoms with E-state index in [4.69, 9.17) is 9.47 Å². The highest BCUT2D eigenvalue weighted by molar-refractivity contribution is 6.08. The number of aryl methyl sites for hydroxylation is 3. The van der Waals surface area contributed by atoms with Crippen LogP contribution in [0.1, 0.15) is 27.3 Å². The molecule has 5 aromatic rings. The molecule has 40 heavy (non-hydrogen) atoms. The molecule has 0 atom stereocenters. The van der Waals surface area contributed by atoms with Gasteiger partial charge in [0.15, 0.2) is 17.3 Å². The number of halogens is 2. The van der Waals surface area contributed by atoms with Gasteiger partial charge in [0.1, 0.15) is 22.6 Å². The van der Waals surface area contributed by atoms with E-state index in [1.165, 1.54) is 43.6 Å². The number of pyridine rings is 3. The number of fused-ring (bicyclic) bond motifs is 1. The second-order valence-electron chi connectivity index (χ2n) is 9.07. The number of nitrogens with zero attached hydrogens (tertiary/aromatic N) is 3. The summed E-state index contributed by atoms with van der Waals surface area (Å²) in [5, 5.41) is 13.7. The van der Waals surface area contributed by atoms with Gasteiger partial charge in [-0.1, -0.05) is 6.07 Å². The third-order valence-corrected chi connectivity index (χ3v) is 6.36. The molecule has 2 N–H and O–H groups in total. The molecule has 0 saturated heterocycles. The van der Waals surface area contributed by atoms with Gasteiger partial charge in [0, 0.05) is 41.3 Å². The lowest BCUT2D eigenvalue weighted by atomic mass is 9.95. The first kappa shape index (κ1) is 26.5. The lowest BCUT2D eigenvalue weighted by Gasteiger charge is -2.17. The van der Waals surface area contributed by atoms with Gasteiger partial charge in [-0.3, -0.25) is 14.8 Å². The zero-order valence-corrected chi connectivity index (χ0v) is 22.0. The Bertz CT molecular complexity index is 1790. The number of carbonyl (C=O) groups excluding carboxylic acids is 1. The number of hydrogen-bond acceptors (Lipinski definition) is 7. The monoisotopic (exact) mass is 542 g/mol. The predicted molar refractivity (Wildman–Crippen MR) is 146 cm³/mol. The first-order valence-corrected chi connectivity index (χ1v) is 12.2. The Labute approximate surface area is 228 Å². The molecule has 10 heteroatoms. The summed E-state index contributed by atoms with van der Waals surface area (Å²) in [6, 6.07) is 13.0. The number of rotatable bonds is 6. The van der Waals surface area contributed by atoms with Crippen LogP contribution in [-0.2, 0) is 0 Å². The highest BCUT2D eigenvalue weighted by Crippen LogP contribution is 2.38. The van der Waals surface area contributed by atoms with Crippen molar-refractivity contribution in [3.8, 4) is 34.3 Å². The van der Waals surface area contributed by atoms with E-state index in [0.29, 0.717) is 39.3 Å². The number of aromatic nitrogens is 3. The highest BCUT2D eigenvalue weighted by atomic mass is 19.1. The average Bonchev–Trinajstić information content (AvgIpc) is 2.91. The van der Waals surface area contributed by atoms with Gasteiger partial charge in [-0.25, -0.2) is 13.8 Å². The number of benzene rings is 2. The second-order valence-corrected chi connectivity index (χ2v) is 9.07. The molecule has 0 spiro atoms. The number of carbonyl (C=O) groups is 1. The van der Waals surface area contributed by atoms with E-state index in [1.54, 1.807) is 39.0 Å². The van der Waals surface area contributed by atoms with Gasteiger partial charge in [-0.2, -0.15) is 0 Å². The molecule has 0 unspecified atom stereocenters. The summed E-state index contributed by atoms with van der Waals surface area (Å²) in [6.07, 6.45) is 1.52. The van der Waals surface area contributed by atoms with Crippen LogP contribution in [0.15, 0.2) is 60.8 Å². The minimum absolute atomic E-state index is 0.0756. The van der Waals surface area contributed by atoms with Crippen molar-refractivity contribution < 1.29 is 28.2 Å². The van der Waals surface area contributed by atoms with Crippen LogP contribution in [0.5, 0.6) is 23.1 Å². The number of amides is 1. The summed E-state index contributed by atoms with van der Waals surface area (Å²) < 4.78 is 39.7. The largest absolute Gasteiger partial charge is 0.506 e. The molecule has 0 fully saturated rings. The van der Waals surface area contributed by atoms with E-state index in [-0.39, 0.29) is 34.2 Å². The van der Waals surface area contributed by atoms with Crippen molar-refractivity contribution in [2.75, 3.05) is 12.4 Å². The summed E-state index contributed by atoms with van der Waals surface area (Å²) in [6.45, 7) is 4.98. The van der Waals surface area contributed by atoms with Crippen LogP contribution in [0.3, 0.4) is 0 Å². The Morgan fingerprint density at radius 1 is 0.925 bits per heavy atom. The molecule has 8 nitrogen and oxygen atoms in total. The normalized spacial score (nSPS) is 10.9. The maximum absolute atomic E-state index is 15.1. The summed E-state index contributed by atoms with van der Waals surface area (Å²) >= 11 is 0. The molecule has 5 rings (SSSR count). The van der Waals surface area contributed by atoms with Crippen LogP contribution in [0.4, 0.5) is 14.5 Å². The molecule has 0 saturated carbocycles. The Hall–Kier alpha value is -5.12. The van der Waals surface area contributed by atoms with Crippen molar-refractivity contribution in [1.82, 2.24) is 15.0 Å². The van der Waals surface area contributed by atoms with Crippen molar-refractivity contribution in [2.24, 2.45) is 0 Å². The number of methoxy groups -OCH3 is 1. The standard InChI is InChI=1S/C30H24F2N4O4/c1-15-13-18(31)5-7-20(15)26-16(2)34-17(3)27(29(26)37)30(38)35-19-6-9-23(21(32)14-19)40-24-11-12-33-22-8-10-25(39-4)36-28(22)24/h5-14H,1-4H3,(H,34,37)(H,35,38). The molecule has 0 aliphatic carbocycles. The van der Waals surface area contributed by atoms with E-state index >= 15 is 4.39 Å². The third-order valence-electron chi connectivity index (χ3n) is 6.36. The summed E-state index contributed by atoms with van der Waals surface area (Å²) in [7, 11) is 1.48. The number of ether oxygens (including phenoxy) is 2. The highest BCUT2D eigenvalue weighted by Gasteiger charge is 2.23. The topological polar surface area (TPSA) is 106 Å². The van der Waals surface area contributed by atoms with Crippen LogP contribution in [0.2, 0.25) is 0 Å². The van der Waals surface area contributed by atoms with Gasteiger partial charge in [0.2, 0.25) is 5.88 Å². The Kier molecular flexibility index (Phi) is 7.00. The Balaban J connectivity index is 1.43. The zero-order valence-electron chi connectivity index (χ0n) is 22.0. The first-order chi connectivity index (χ1) is 19.2. The van der Waals surface area contributed by atoms with Crippen molar-refractivity contribution in [3.05, 3.63) is 94.9 Å². The molecular formula is C30H24F2N4O4. The second kappa shape index (κ2) is 10.6. The quantitative estimate of drug-likeness (QED) is 0.247. The number of nitrogens with one attached hydrogen (secondary N) is 1. The zero-order chi connectivity index (χ0) is 28.6. The number of anilines is 1. The molecule has 202 valence electrons. The van der Waals surface area contributed by atoms with E-state index in [2.05, 4.69) is 20.3 Å². The fourth-order valence-corrected chi connectivity index (χ4v) is 4.49. The smallest absolute Gasteiger partial charge is 0.261 e. The predicted octanol–water partition coefficient (Wildman–Crippen LogP) is 6.65. The fraction of sp³-hybridized carbons (Fsp3) is 0.133. The van der Waals surface area contributed by atoms with Gasteiger partial charge in [0.05, 0.1) is 18.3 Å². The summed E-state index contributed by atoms with van der Waals surface area (Å²) in [5.74, 6) is -1.62. The van der Waals surface area contributed by atoms with E-state index in [0.717, 1.165) is 6.07 Å². The molecular weight excluding hydrogens is 518 g/mol. The Morgan fingerprint density at radius 3 is 2.45 bits per heavy atom. The fourth-order valence-electron chi connectivity index (χ4n) is 4.49. The van der Waals surface area contributed by atoms with Gasteiger partial charge in [-0.05, 0) is 62.2 Å². The van der Waals surface area contributed by atoms with Crippen LogP contribution in [-0.4, -0.2) is 33.1 Å². The number of aromatic hydroxyl groups is 1. The molecule has 0 aliphatic rings. The van der Waals surface area contributed by atoms with Crippen LogP contribution in [0, 0.1) is 32.4 Å². The molecule has 2 aromatic carbocycles. The molecule has 0 bridgehead atoms. The minimum atomic E-state index is -0.740. The van der Waals surface area contributed by atoms with Gasteiger partial charge in [-0.15, -0.1) is 0 Å². The third kappa shape index (κ3) is 4.98. The van der Waals surface area contributed by atoms with Crippen molar-refractivity contribution in [1.29, 1.82) is 0 Å². The van der Waals surface area contributed by atoms with Crippen molar-refractivity contribution >= 4 is 22.6 Å². The van der Waals surface area contributed by atoms with Gasteiger partial charge >= 0.3 is 0 Å². The summed E-state index contributed by atoms with van der Waals surface area (Å²) in [4.78, 5) is 26.2. The van der Waals surface area contributed by atoms with Crippen LogP contribution < -0.4 is 14.8 Å². The maximum Gasteiger partial charge on any atom is 0.261 e. The molecule has 3 heterocycles. The molecule has 0 aliphatic heterocycles.